The van der Waals surface area contributed by atoms with Crippen molar-refractivity contribution in [2.45, 2.75) is 56.9 Å². The summed E-state index contributed by atoms with van der Waals surface area (Å²) in [5.74, 6) is 0.0475. The highest BCUT2D eigenvalue weighted by molar-refractivity contribution is 5.97. The standard InChI is InChI=1S/C20H29N3O4/c1-27-18-9-8-16(23(25)26)14-17(18)19(24)21-15-20(10-4-2-5-11-20)22-12-6-3-7-13-22/h8-9,14H,2-7,10-13,15H2,1H3,(H,21,24). The molecular weight excluding hydrogens is 346 g/mol. The summed E-state index contributed by atoms with van der Waals surface area (Å²) < 4.78 is 5.24. The van der Waals surface area contributed by atoms with Crippen LogP contribution in [0.3, 0.4) is 0 Å². The molecule has 1 aromatic rings. The Morgan fingerprint density at radius 1 is 1.19 bits per heavy atom. The molecule has 2 fully saturated rings. The summed E-state index contributed by atoms with van der Waals surface area (Å²) in [5.41, 5.74) is 0.128. The zero-order valence-corrected chi connectivity index (χ0v) is 16.0. The van der Waals surface area contributed by atoms with Crippen LogP contribution >= 0.6 is 0 Å². The normalized spacial score (nSPS) is 20.0. The largest absolute Gasteiger partial charge is 0.496 e. The first-order chi connectivity index (χ1) is 13.1. The van der Waals surface area contributed by atoms with Gasteiger partial charge in [0.25, 0.3) is 11.6 Å². The number of likely N-dealkylation sites (tertiary alicyclic amines) is 1. The predicted molar refractivity (Wildman–Crippen MR) is 103 cm³/mol. The molecule has 1 aliphatic carbocycles. The van der Waals surface area contributed by atoms with Gasteiger partial charge in [-0.2, -0.15) is 0 Å². The van der Waals surface area contributed by atoms with Crippen LogP contribution in [-0.4, -0.2) is 48.0 Å². The van der Waals surface area contributed by atoms with E-state index in [0.29, 0.717) is 12.3 Å². The highest BCUT2D eigenvalue weighted by atomic mass is 16.6. The number of hydrogen-bond acceptors (Lipinski definition) is 5. The number of nitrogens with one attached hydrogen (secondary N) is 1. The zero-order valence-electron chi connectivity index (χ0n) is 16.0. The monoisotopic (exact) mass is 375 g/mol. The minimum absolute atomic E-state index is 0.0161. The molecule has 0 aromatic heterocycles. The van der Waals surface area contributed by atoms with Crippen LogP contribution in [0.4, 0.5) is 5.69 Å². The summed E-state index contributed by atoms with van der Waals surface area (Å²) in [4.78, 5) is 26.0. The molecule has 0 bridgehead atoms. The van der Waals surface area contributed by atoms with Gasteiger partial charge in [-0.1, -0.05) is 25.7 Å². The van der Waals surface area contributed by atoms with E-state index in [4.69, 9.17) is 4.74 Å². The summed E-state index contributed by atoms with van der Waals surface area (Å²) in [6, 6.07) is 4.13. The summed E-state index contributed by atoms with van der Waals surface area (Å²) in [5, 5.41) is 14.1. The molecule has 0 atom stereocenters. The lowest BCUT2D eigenvalue weighted by molar-refractivity contribution is -0.384. The van der Waals surface area contributed by atoms with Gasteiger partial charge >= 0.3 is 0 Å². The molecule has 148 valence electrons. The van der Waals surface area contributed by atoms with Crippen molar-refractivity contribution in [1.29, 1.82) is 0 Å². The number of nitro benzene ring substituents is 1. The molecule has 7 heteroatoms. The van der Waals surface area contributed by atoms with Crippen molar-refractivity contribution in [3.63, 3.8) is 0 Å². The number of piperidine rings is 1. The first kappa shape index (κ1) is 19.6. The Kier molecular flexibility index (Phi) is 6.31. The van der Waals surface area contributed by atoms with Gasteiger partial charge in [0, 0.05) is 24.2 Å². The van der Waals surface area contributed by atoms with Gasteiger partial charge in [0.05, 0.1) is 17.6 Å². The smallest absolute Gasteiger partial charge is 0.270 e. The Morgan fingerprint density at radius 2 is 1.85 bits per heavy atom. The molecule has 0 spiro atoms. The number of nitro groups is 1. The van der Waals surface area contributed by atoms with E-state index in [0.717, 1.165) is 25.9 Å². The predicted octanol–water partition coefficient (Wildman–Crippen LogP) is 3.52. The minimum atomic E-state index is -0.493. The van der Waals surface area contributed by atoms with E-state index in [2.05, 4.69) is 10.2 Å². The lowest BCUT2D eigenvalue weighted by atomic mass is 9.79. The Morgan fingerprint density at radius 3 is 2.48 bits per heavy atom. The third-order valence-electron chi connectivity index (χ3n) is 6.03. The number of benzene rings is 1. The SMILES string of the molecule is COc1ccc([N+](=O)[O-])cc1C(=O)NCC1(N2CCCCC2)CCCCC1. The zero-order chi connectivity index (χ0) is 19.3. The van der Waals surface area contributed by atoms with Crippen LogP contribution in [0.2, 0.25) is 0 Å². The molecule has 1 saturated heterocycles. The molecule has 1 heterocycles. The molecule has 1 saturated carbocycles. The molecule has 1 amide bonds. The Hall–Kier alpha value is -2.15. The fraction of sp³-hybridized carbons (Fsp3) is 0.650. The first-order valence-corrected chi connectivity index (χ1v) is 9.91. The molecule has 1 N–H and O–H groups in total. The van der Waals surface area contributed by atoms with Crippen LogP contribution in [-0.2, 0) is 0 Å². The summed E-state index contributed by atoms with van der Waals surface area (Å²) in [6.07, 6.45) is 9.53. The van der Waals surface area contributed by atoms with Crippen LogP contribution in [0.25, 0.3) is 0 Å². The van der Waals surface area contributed by atoms with Crippen molar-refractivity contribution in [3.8, 4) is 5.75 Å². The Bertz CT molecular complexity index is 680. The van der Waals surface area contributed by atoms with Gasteiger partial charge in [0.15, 0.2) is 0 Å². The van der Waals surface area contributed by atoms with E-state index in [1.807, 2.05) is 0 Å². The highest BCUT2D eigenvalue weighted by Gasteiger charge is 2.38. The van der Waals surface area contributed by atoms with Gasteiger partial charge in [-0.15, -0.1) is 0 Å². The number of non-ortho nitro benzene ring substituents is 1. The average Bonchev–Trinajstić information content (AvgIpc) is 2.72. The Balaban J connectivity index is 1.76. The van der Waals surface area contributed by atoms with E-state index >= 15 is 0 Å². The van der Waals surface area contributed by atoms with Crippen molar-refractivity contribution in [2.75, 3.05) is 26.7 Å². The van der Waals surface area contributed by atoms with E-state index in [9.17, 15) is 14.9 Å². The molecule has 0 unspecified atom stereocenters. The number of amides is 1. The molecule has 3 rings (SSSR count). The van der Waals surface area contributed by atoms with Crippen LogP contribution in [0.1, 0.15) is 61.7 Å². The molecule has 0 radical (unpaired) electrons. The molecular formula is C20H29N3O4. The van der Waals surface area contributed by atoms with Gasteiger partial charge in [0.1, 0.15) is 5.75 Å². The molecule has 7 nitrogen and oxygen atoms in total. The van der Waals surface area contributed by atoms with Crippen molar-refractivity contribution in [2.24, 2.45) is 0 Å². The average molecular weight is 375 g/mol. The first-order valence-electron chi connectivity index (χ1n) is 9.91. The number of hydrogen-bond donors (Lipinski definition) is 1. The lowest BCUT2D eigenvalue weighted by Crippen LogP contribution is -2.58. The van der Waals surface area contributed by atoms with Gasteiger partial charge in [-0.25, -0.2) is 0 Å². The summed E-state index contributed by atoms with van der Waals surface area (Å²) in [6.45, 7) is 2.77. The maximum atomic E-state index is 12.8. The number of ether oxygens (including phenoxy) is 1. The van der Waals surface area contributed by atoms with E-state index < -0.39 is 4.92 Å². The maximum Gasteiger partial charge on any atom is 0.270 e. The number of carbonyl (C=O) groups is 1. The minimum Gasteiger partial charge on any atom is -0.496 e. The third-order valence-corrected chi connectivity index (χ3v) is 6.03. The van der Waals surface area contributed by atoms with Crippen LogP contribution in [0, 0.1) is 10.1 Å². The second-order valence-corrected chi connectivity index (χ2v) is 7.66. The molecule has 1 aliphatic heterocycles. The topological polar surface area (TPSA) is 84.7 Å². The Labute approximate surface area is 160 Å². The summed E-state index contributed by atoms with van der Waals surface area (Å²) >= 11 is 0. The quantitative estimate of drug-likeness (QED) is 0.607. The molecule has 2 aliphatic rings. The van der Waals surface area contributed by atoms with Gasteiger partial charge in [0.2, 0.25) is 0 Å². The molecule has 1 aromatic carbocycles. The van der Waals surface area contributed by atoms with Crippen molar-refractivity contribution in [3.05, 3.63) is 33.9 Å². The van der Waals surface area contributed by atoms with Crippen LogP contribution < -0.4 is 10.1 Å². The third kappa shape index (κ3) is 4.40. The number of methoxy groups -OCH3 is 1. The van der Waals surface area contributed by atoms with Gasteiger partial charge in [-0.3, -0.25) is 19.8 Å². The second kappa shape index (κ2) is 8.69. The number of rotatable bonds is 6. The second-order valence-electron chi connectivity index (χ2n) is 7.66. The number of carbonyl (C=O) groups excluding carboxylic acids is 1. The van der Waals surface area contributed by atoms with Crippen molar-refractivity contribution in [1.82, 2.24) is 10.2 Å². The van der Waals surface area contributed by atoms with Gasteiger partial charge in [-0.05, 0) is 44.8 Å². The fourth-order valence-electron chi connectivity index (χ4n) is 4.51. The van der Waals surface area contributed by atoms with Crippen molar-refractivity contribution < 1.29 is 14.5 Å². The molecule has 27 heavy (non-hydrogen) atoms. The van der Waals surface area contributed by atoms with E-state index in [1.54, 1.807) is 0 Å². The summed E-state index contributed by atoms with van der Waals surface area (Å²) in [7, 11) is 1.47. The maximum absolute atomic E-state index is 12.8. The van der Waals surface area contributed by atoms with Crippen molar-refractivity contribution >= 4 is 11.6 Å². The van der Waals surface area contributed by atoms with E-state index in [-0.39, 0.29) is 22.7 Å². The number of nitrogens with zero attached hydrogens (tertiary/aromatic N) is 2. The van der Waals surface area contributed by atoms with Crippen LogP contribution in [0.5, 0.6) is 5.75 Å². The van der Waals surface area contributed by atoms with Gasteiger partial charge < -0.3 is 10.1 Å². The highest BCUT2D eigenvalue weighted by Crippen LogP contribution is 2.35. The van der Waals surface area contributed by atoms with E-state index in [1.165, 1.54) is 63.8 Å². The van der Waals surface area contributed by atoms with Crippen LogP contribution in [0.15, 0.2) is 18.2 Å². The lowest BCUT2D eigenvalue weighted by Gasteiger charge is -2.48. The fourth-order valence-corrected chi connectivity index (χ4v) is 4.51.